The molecule has 0 saturated heterocycles. The highest BCUT2D eigenvalue weighted by atomic mass is 16.5. The van der Waals surface area contributed by atoms with Crippen LogP contribution in [0.1, 0.15) is 31.5 Å². The smallest absolute Gasteiger partial charge is 0.262 e. The average Bonchev–Trinajstić information content (AvgIpc) is 3.07. The molecule has 2 heterocycles. The van der Waals surface area contributed by atoms with E-state index in [9.17, 15) is 9.59 Å². The lowest BCUT2D eigenvalue weighted by Crippen LogP contribution is -2.33. The van der Waals surface area contributed by atoms with E-state index in [1.54, 1.807) is 36.1 Å². The van der Waals surface area contributed by atoms with Gasteiger partial charge in [0.1, 0.15) is 11.8 Å². The van der Waals surface area contributed by atoms with Crippen LogP contribution in [0.2, 0.25) is 0 Å². The van der Waals surface area contributed by atoms with E-state index in [0.717, 1.165) is 5.56 Å². The maximum atomic E-state index is 12.3. The molecular weight excluding hydrogens is 296 g/mol. The van der Waals surface area contributed by atoms with Crippen molar-refractivity contribution < 1.29 is 14.3 Å². The Kier molecular flexibility index (Phi) is 4.01. The number of nitrogens with one attached hydrogen (secondary N) is 2. The van der Waals surface area contributed by atoms with Gasteiger partial charge < -0.3 is 15.4 Å². The molecule has 2 atom stereocenters. The Labute approximate surface area is 133 Å². The first-order valence-corrected chi connectivity index (χ1v) is 7.40. The molecular formula is C16H18N4O3. The normalized spacial score (nSPS) is 15.8. The highest BCUT2D eigenvalue weighted by Gasteiger charge is 2.20. The summed E-state index contributed by atoms with van der Waals surface area (Å²) in [6, 6.07) is 6.66. The summed E-state index contributed by atoms with van der Waals surface area (Å²) < 4.78 is 6.93. The Morgan fingerprint density at radius 2 is 2.26 bits per heavy atom. The van der Waals surface area contributed by atoms with Crippen LogP contribution in [-0.4, -0.2) is 28.2 Å². The standard InChI is InChI=1S/C16H18N4O3/c1-10(18-16(22)11(2)20-7-3-6-17-20)12-4-5-14-13(8-12)19-15(21)9-23-14/h3-8,10-11H,9H2,1-2H3,(H,18,22)(H,19,21)/t10-,11-/m1/s1. The molecule has 2 N–H and O–H groups in total. The van der Waals surface area contributed by atoms with Gasteiger partial charge in [0, 0.05) is 12.4 Å². The third-order valence-electron chi connectivity index (χ3n) is 3.80. The minimum Gasteiger partial charge on any atom is -0.482 e. The number of aromatic nitrogens is 2. The van der Waals surface area contributed by atoms with Crippen molar-refractivity contribution in [1.82, 2.24) is 15.1 Å². The SMILES string of the molecule is C[C@H](C(=O)N[C@H](C)c1ccc2c(c1)NC(=O)CO2)n1cccn1. The number of nitrogens with zero attached hydrogens (tertiary/aromatic N) is 2. The molecule has 0 unspecified atom stereocenters. The summed E-state index contributed by atoms with van der Waals surface area (Å²) in [5.74, 6) is 0.328. The number of rotatable bonds is 4. The highest BCUT2D eigenvalue weighted by molar-refractivity contribution is 5.95. The number of hydrogen-bond donors (Lipinski definition) is 2. The van der Waals surface area contributed by atoms with Crippen molar-refractivity contribution in [3.05, 3.63) is 42.2 Å². The first-order chi connectivity index (χ1) is 11.0. The van der Waals surface area contributed by atoms with Crippen LogP contribution < -0.4 is 15.4 Å². The highest BCUT2D eigenvalue weighted by Crippen LogP contribution is 2.30. The van der Waals surface area contributed by atoms with E-state index < -0.39 is 6.04 Å². The van der Waals surface area contributed by atoms with Crippen molar-refractivity contribution in [3.63, 3.8) is 0 Å². The molecule has 3 rings (SSSR count). The average molecular weight is 314 g/mol. The monoisotopic (exact) mass is 314 g/mol. The van der Waals surface area contributed by atoms with Crippen molar-refractivity contribution in [3.8, 4) is 5.75 Å². The molecule has 2 amide bonds. The Bertz CT molecular complexity index is 727. The predicted molar refractivity (Wildman–Crippen MR) is 84.1 cm³/mol. The summed E-state index contributed by atoms with van der Waals surface area (Å²) in [6.07, 6.45) is 3.39. The summed E-state index contributed by atoms with van der Waals surface area (Å²) >= 11 is 0. The van der Waals surface area contributed by atoms with Crippen LogP contribution in [0.25, 0.3) is 0 Å². The Hall–Kier alpha value is -2.83. The van der Waals surface area contributed by atoms with Gasteiger partial charge in [0.2, 0.25) is 5.91 Å². The second kappa shape index (κ2) is 6.12. The summed E-state index contributed by atoms with van der Waals surface area (Å²) in [5.41, 5.74) is 1.51. The topological polar surface area (TPSA) is 85.3 Å². The zero-order chi connectivity index (χ0) is 16.4. The largest absolute Gasteiger partial charge is 0.482 e. The molecule has 0 radical (unpaired) electrons. The number of benzene rings is 1. The second-order valence-electron chi connectivity index (χ2n) is 5.48. The molecule has 0 bridgehead atoms. The number of amides is 2. The molecule has 23 heavy (non-hydrogen) atoms. The van der Waals surface area contributed by atoms with Crippen molar-refractivity contribution in [2.24, 2.45) is 0 Å². The van der Waals surface area contributed by atoms with E-state index in [1.165, 1.54) is 0 Å². The lowest BCUT2D eigenvalue weighted by molar-refractivity contribution is -0.124. The minimum absolute atomic E-state index is 0.0278. The number of anilines is 1. The van der Waals surface area contributed by atoms with Gasteiger partial charge in [-0.2, -0.15) is 5.10 Å². The number of ether oxygens (including phenoxy) is 1. The van der Waals surface area contributed by atoms with Crippen LogP contribution >= 0.6 is 0 Å². The lowest BCUT2D eigenvalue weighted by atomic mass is 10.1. The third kappa shape index (κ3) is 3.18. The van der Waals surface area contributed by atoms with Gasteiger partial charge in [-0.25, -0.2) is 0 Å². The van der Waals surface area contributed by atoms with Gasteiger partial charge in [0.25, 0.3) is 5.91 Å². The fourth-order valence-corrected chi connectivity index (χ4v) is 2.42. The summed E-state index contributed by atoms with van der Waals surface area (Å²) in [6.45, 7) is 3.71. The van der Waals surface area contributed by atoms with Crippen LogP contribution in [0.5, 0.6) is 5.75 Å². The van der Waals surface area contributed by atoms with Crippen LogP contribution in [-0.2, 0) is 9.59 Å². The molecule has 0 aliphatic carbocycles. The quantitative estimate of drug-likeness (QED) is 0.898. The van der Waals surface area contributed by atoms with Crippen molar-refractivity contribution >= 4 is 17.5 Å². The van der Waals surface area contributed by atoms with Gasteiger partial charge in [0.15, 0.2) is 6.61 Å². The molecule has 1 aliphatic rings. The maximum absolute atomic E-state index is 12.3. The van der Waals surface area contributed by atoms with Crippen molar-refractivity contribution in [1.29, 1.82) is 0 Å². The van der Waals surface area contributed by atoms with Gasteiger partial charge in [-0.3, -0.25) is 14.3 Å². The van der Waals surface area contributed by atoms with Crippen LogP contribution in [0.3, 0.4) is 0 Å². The van der Waals surface area contributed by atoms with Gasteiger partial charge in [-0.15, -0.1) is 0 Å². The lowest BCUT2D eigenvalue weighted by Gasteiger charge is -2.22. The summed E-state index contributed by atoms with van der Waals surface area (Å²) in [5, 5.41) is 9.79. The van der Waals surface area contributed by atoms with E-state index in [1.807, 2.05) is 19.1 Å². The van der Waals surface area contributed by atoms with Crippen molar-refractivity contribution in [2.75, 3.05) is 11.9 Å². The van der Waals surface area contributed by atoms with E-state index >= 15 is 0 Å². The molecule has 1 aromatic carbocycles. The molecule has 2 aromatic rings. The van der Waals surface area contributed by atoms with E-state index in [4.69, 9.17) is 4.74 Å². The van der Waals surface area contributed by atoms with Gasteiger partial charge in [0.05, 0.1) is 11.7 Å². The number of fused-ring (bicyclic) bond motifs is 1. The first kappa shape index (κ1) is 15.1. The van der Waals surface area contributed by atoms with Crippen LogP contribution in [0.15, 0.2) is 36.7 Å². The van der Waals surface area contributed by atoms with E-state index in [0.29, 0.717) is 11.4 Å². The maximum Gasteiger partial charge on any atom is 0.262 e. The number of carbonyl (C=O) groups is 2. The third-order valence-corrected chi connectivity index (χ3v) is 3.80. The van der Waals surface area contributed by atoms with E-state index in [-0.39, 0.29) is 24.5 Å². The molecule has 1 aromatic heterocycles. The van der Waals surface area contributed by atoms with Gasteiger partial charge >= 0.3 is 0 Å². The molecule has 0 fully saturated rings. The number of carbonyl (C=O) groups excluding carboxylic acids is 2. The summed E-state index contributed by atoms with van der Waals surface area (Å²) in [7, 11) is 0. The Morgan fingerprint density at radius 1 is 1.43 bits per heavy atom. The second-order valence-corrected chi connectivity index (χ2v) is 5.48. The van der Waals surface area contributed by atoms with E-state index in [2.05, 4.69) is 15.7 Å². The van der Waals surface area contributed by atoms with Crippen molar-refractivity contribution in [2.45, 2.75) is 25.9 Å². The van der Waals surface area contributed by atoms with Crippen LogP contribution in [0.4, 0.5) is 5.69 Å². The number of hydrogen-bond acceptors (Lipinski definition) is 4. The van der Waals surface area contributed by atoms with Gasteiger partial charge in [-0.05, 0) is 37.6 Å². The minimum atomic E-state index is -0.395. The fourth-order valence-electron chi connectivity index (χ4n) is 2.42. The summed E-state index contributed by atoms with van der Waals surface area (Å²) in [4.78, 5) is 23.7. The first-order valence-electron chi connectivity index (χ1n) is 7.40. The van der Waals surface area contributed by atoms with Gasteiger partial charge in [-0.1, -0.05) is 6.07 Å². The van der Waals surface area contributed by atoms with Crippen LogP contribution in [0, 0.1) is 0 Å². The fraction of sp³-hybridized carbons (Fsp3) is 0.312. The molecule has 1 aliphatic heterocycles. The molecule has 7 heteroatoms. The zero-order valence-electron chi connectivity index (χ0n) is 12.9. The molecule has 120 valence electrons. The molecule has 0 saturated carbocycles. The molecule has 0 spiro atoms. The zero-order valence-corrected chi connectivity index (χ0v) is 12.9. The Balaban J connectivity index is 1.71. The molecule has 7 nitrogen and oxygen atoms in total. The Morgan fingerprint density at radius 3 is 3.00 bits per heavy atom. The predicted octanol–water partition coefficient (Wildman–Crippen LogP) is 1.65.